The number of para-hydroxylation sites is 1. The van der Waals surface area contributed by atoms with Crippen LogP contribution in [0.1, 0.15) is 24.0 Å². The lowest BCUT2D eigenvalue weighted by molar-refractivity contribution is -0.112. The Hall–Kier alpha value is -1.06. The standard InChI is InChI=1S/C13H14Cl2O3/c1-18-13-9(5-7-11(14)16)3-2-4-10(13)6-8-12(15)17/h2-4H,5-8H2,1H3. The van der Waals surface area contributed by atoms with Gasteiger partial charge in [0.2, 0.25) is 10.5 Å². The molecule has 0 bridgehead atoms. The van der Waals surface area contributed by atoms with E-state index in [-0.39, 0.29) is 23.3 Å². The zero-order valence-electron chi connectivity index (χ0n) is 10.0. The number of benzene rings is 1. The first-order valence-electron chi connectivity index (χ1n) is 5.56. The molecular formula is C13H14Cl2O3. The third-order valence-corrected chi connectivity index (χ3v) is 2.94. The van der Waals surface area contributed by atoms with Gasteiger partial charge in [-0.3, -0.25) is 9.59 Å². The Morgan fingerprint density at radius 3 is 1.83 bits per heavy atom. The van der Waals surface area contributed by atoms with Crippen LogP contribution in [0.3, 0.4) is 0 Å². The van der Waals surface area contributed by atoms with E-state index in [4.69, 9.17) is 27.9 Å². The summed E-state index contributed by atoms with van der Waals surface area (Å²) in [5.41, 5.74) is 1.82. The maximum atomic E-state index is 10.8. The maximum absolute atomic E-state index is 10.8. The molecule has 0 aliphatic carbocycles. The quantitative estimate of drug-likeness (QED) is 0.724. The number of hydrogen-bond donors (Lipinski definition) is 0. The third kappa shape index (κ3) is 4.67. The first-order valence-corrected chi connectivity index (χ1v) is 6.31. The number of rotatable bonds is 7. The van der Waals surface area contributed by atoms with Crippen LogP contribution in [0, 0.1) is 0 Å². The van der Waals surface area contributed by atoms with Crippen molar-refractivity contribution in [2.45, 2.75) is 25.7 Å². The molecule has 0 aromatic heterocycles. The summed E-state index contributed by atoms with van der Waals surface area (Å²) in [5, 5.41) is -0.753. The topological polar surface area (TPSA) is 43.4 Å². The first-order chi connectivity index (χ1) is 8.54. The number of carbonyl (C=O) groups excluding carboxylic acids is 2. The fraction of sp³-hybridized carbons (Fsp3) is 0.385. The minimum Gasteiger partial charge on any atom is -0.496 e. The second kappa shape index (κ2) is 7.39. The molecule has 1 aromatic carbocycles. The molecule has 0 N–H and O–H groups in total. The monoisotopic (exact) mass is 288 g/mol. The number of halogens is 2. The van der Waals surface area contributed by atoms with Gasteiger partial charge < -0.3 is 4.74 Å². The van der Waals surface area contributed by atoms with Gasteiger partial charge in [0.05, 0.1) is 7.11 Å². The van der Waals surface area contributed by atoms with Gasteiger partial charge in [-0.15, -0.1) is 0 Å². The van der Waals surface area contributed by atoms with E-state index >= 15 is 0 Å². The van der Waals surface area contributed by atoms with E-state index in [1.807, 2.05) is 18.2 Å². The second-order valence-electron chi connectivity index (χ2n) is 3.82. The summed E-state index contributed by atoms with van der Waals surface area (Å²) >= 11 is 10.6. The molecule has 0 fully saturated rings. The van der Waals surface area contributed by atoms with Crippen LogP contribution in [0.25, 0.3) is 0 Å². The van der Waals surface area contributed by atoms with Crippen LogP contribution in [0.4, 0.5) is 0 Å². The van der Waals surface area contributed by atoms with Crippen LogP contribution in [0.5, 0.6) is 5.75 Å². The van der Waals surface area contributed by atoms with Gasteiger partial charge in [-0.25, -0.2) is 0 Å². The van der Waals surface area contributed by atoms with E-state index in [0.29, 0.717) is 18.6 Å². The predicted octanol–water partition coefficient (Wildman–Crippen LogP) is 3.09. The van der Waals surface area contributed by atoms with Crippen molar-refractivity contribution in [1.82, 2.24) is 0 Å². The molecule has 0 aliphatic rings. The van der Waals surface area contributed by atoms with Crippen LogP contribution in [0.15, 0.2) is 18.2 Å². The van der Waals surface area contributed by atoms with Gasteiger partial charge >= 0.3 is 0 Å². The summed E-state index contributed by atoms with van der Waals surface area (Å²) < 4.78 is 5.33. The summed E-state index contributed by atoms with van der Waals surface area (Å²) in [4.78, 5) is 21.6. The lowest BCUT2D eigenvalue weighted by Crippen LogP contribution is -2.01. The Morgan fingerprint density at radius 2 is 1.50 bits per heavy atom. The molecule has 98 valence electrons. The molecule has 0 spiro atoms. The van der Waals surface area contributed by atoms with Gasteiger partial charge in [-0.2, -0.15) is 0 Å². The van der Waals surface area contributed by atoms with E-state index in [0.717, 1.165) is 11.1 Å². The highest BCUT2D eigenvalue weighted by Crippen LogP contribution is 2.26. The molecule has 0 saturated carbocycles. The number of carbonyl (C=O) groups is 2. The summed E-state index contributed by atoms with van der Waals surface area (Å²) in [6.07, 6.45) is 1.56. The van der Waals surface area contributed by atoms with Gasteiger partial charge in [0.15, 0.2) is 0 Å². The molecule has 1 rings (SSSR count). The van der Waals surface area contributed by atoms with Crippen molar-refractivity contribution < 1.29 is 14.3 Å². The number of hydrogen-bond acceptors (Lipinski definition) is 3. The van der Waals surface area contributed by atoms with Crippen molar-refractivity contribution in [2.75, 3.05) is 7.11 Å². The van der Waals surface area contributed by atoms with Crippen LogP contribution in [0.2, 0.25) is 0 Å². The molecule has 5 heteroatoms. The molecule has 0 aliphatic heterocycles. The summed E-state index contributed by atoms with van der Waals surface area (Å²) in [6.45, 7) is 0. The van der Waals surface area contributed by atoms with Crippen LogP contribution >= 0.6 is 23.2 Å². The molecule has 0 atom stereocenters. The largest absolute Gasteiger partial charge is 0.496 e. The molecule has 0 amide bonds. The van der Waals surface area contributed by atoms with Crippen molar-refractivity contribution >= 4 is 33.7 Å². The molecule has 18 heavy (non-hydrogen) atoms. The van der Waals surface area contributed by atoms with Gasteiger partial charge in [0.1, 0.15) is 5.75 Å². The predicted molar refractivity (Wildman–Crippen MR) is 71.4 cm³/mol. The van der Waals surface area contributed by atoms with E-state index < -0.39 is 0 Å². The minimum absolute atomic E-state index is 0.260. The Morgan fingerprint density at radius 1 is 1.06 bits per heavy atom. The lowest BCUT2D eigenvalue weighted by Gasteiger charge is -2.12. The average Bonchev–Trinajstić information content (AvgIpc) is 2.33. The molecular weight excluding hydrogens is 275 g/mol. The van der Waals surface area contributed by atoms with Gasteiger partial charge in [-0.1, -0.05) is 18.2 Å². The molecule has 0 radical (unpaired) electrons. The van der Waals surface area contributed by atoms with Crippen molar-refractivity contribution in [3.63, 3.8) is 0 Å². The van der Waals surface area contributed by atoms with E-state index in [9.17, 15) is 9.59 Å². The zero-order chi connectivity index (χ0) is 13.5. The normalized spacial score (nSPS) is 10.2. The smallest absolute Gasteiger partial charge is 0.221 e. The van der Waals surface area contributed by atoms with Crippen molar-refractivity contribution in [1.29, 1.82) is 0 Å². The highest BCUT2D eigenvalue weighted by molar-refractivity contribution is 6.63. The number of aryl methyl sites for hydroxylation is 2. The fourth-order valence-corrected chi connectivity index (χ4v) is 1.95. The number of methoxy groups -OCH3 is 1. The van der Waals surface area contributed by atoms with Crippen LogP contribution in [-0.2, 0) is 22.4 Å². The third-order valence-electron chi connectivity index (χ3n) is 2.56. The Kier molecular flexibility index (Phi) is 6.16. The maximum Gasteiger partial charge on any atom is 0.221 e. The van der Waals surface area contributed by atoms with Crippen LogP contribution in [-0.4, -0.2) is 17.6 Å². The van der Waals surface area contributed by atoms with Gasteiger partial charge in [0, 0.05) is 12.8 Å². The molecule has 0 unspecified atom stereocenters. The Balaban J connectivity index is 2.87. The lowest BCUT2D eigenvalue weighted by atomic mass is 10.0. The highest BCUT2D eigenvalue weighted by Gasteiger charge is 2.11. The Bertz CT molecular complexity index is 408. The van der Waals surface area contributed by atoms with E-state index in [1.165, 1.54) is 0 Å². The zero-order valence-corrected chi connectivity index (χ0v) is 11.6. The Labute approximate surface area is 116 Å². The summed E-state index contributed by atoms with van der Waals surface area (Å²) in [7, 11) is 1.56. The van der Waals surface area contributed by atoms with Crippen molar-refractivity contribution in [2.24, 2.45) is 0 Å². The fourth-order valence-electron chi connectivity index (χ4n) is 1.76. The highest BCUT2D eigenvalue weighted by atomic mass is 35.5. The van der Waals surface area contributed by atoms with Crippen LogP contribution < -0.4 is 4.74 Å². The number of ether oxygens (including phenoxy) is 1. The van der Waals surface area contributed by atoms with E-state index in [1.54, 1.807) is 7.11 Å². The van der Waals surface area contributed by atoms with E-state index in [2.05, 4.69) is 0 Å². The minimum atomic E-state index is -0.376. The van der Waals surface area contributed by atoms with Gasteiger partial charge in [0.25, 0.3) is 0 Å². The van der Waals surface area contributed by atoms with Gasteiger partial charge in [-0.05, 0) is 47.2 Å². The molecule has 3 nitrogen and oxygen atoms in total. The summed E-state index contributed by atoms with van der Waals surface area (Å²) in [5.74, 6) is 0.702. The van der Waals surface area contributed by atoms with Crippen molar-refractivity contribution in [3.05, 3.63) is 29.3 Å². The molecule has 0 saturated heterocycles. The average molecular weight is 289 g/mol. The first kappa shape index (κ1) is 15.0. The SMILES string of the molecule is COc1c(CCC(=O)Cl)cccc1CCC(=O)Cl. The molecule has 1 aromatic rings. The molecule has 0 heterocycles. The summed E-state index contributed by atoms with van der Waals surface area (Å²) in [6, 6.07) is 5.62. The second-order valence-corrected chi connectivity index (χ2v) is 4.66. The van der Waals surface area contributed by atoms with Crippen molar-refractivity contribution in [3.8, 4) is 5.75 Å².